The van der Waals surface area contributed by atoms with Gasteiger partial charge in [0, 0.05) is 34.0 Å². The minimum absolute atomic E-state index is 0.167. The highest BCUT2D eigenvalue weighted by molar-refractivity contribution is 9.10. The molecule has 1 aromatic carbocycles. The summed E-state index contributed by atoms with van der Waals surface area (Å²) in [4.78, 5) is 1.99. The van der Waals surface area contributed by atoms with Gasteiger partial charge in [-0.2, -0.15) is 11.8 Å². The van der Waals surface area contributed by atoms with Gasteiger partial charge in [-0.05, 0) is 40.5 Å². The number of aryl methyl sites for hydroxylation is 1. The fraction of sp³-hybridized carbons (Fsp3) is 0.538. The molecule has 2 N–H and O–H groups in total. The molecular weight excluding hydrogens is 360 g/mol. The monoisotopic (exact) mass is 378 g/mol. The summed E-state index contributed by atoms with van der Waals surface area (Å²) in [5.41, 5.74) is 8.49. The lowest BCUT2D eigenvalue weighted by Crippen LogP contribution is -2.48. The number of rotatable bonds is 3. The van der Waals surface area contributed by atoms with Crippen molar-refractivity contribution < 1.29 is 8.42 Å². The van der Waals surface area contributed by atoms with Crippen LogP contribution < -0.4 is 10.6 Å². The molecule has 0 spiro atoms. The van der Waals surface area contributed by atoms with Gasteiger partial charge in [-0.15, -0.1) is 0 Å². The lowest BCUT2D eigenvalue weighted by Gasteiger charge is -2.37. The Bertz CT molecular complexity index is 605. The highest BCUT2D eigenvalue weighted by Gasteiger charge is 2.33. The third-order valence-electron chi connectivity index (χ3n) is 3.55. The van der Waals surface area contributed by atoms with E-state index in [4.69, 9.17) is 5.73 Å². The average Bonchev–Trinajstić information content (AvgIpc) is 2.43. The van der Waals surface area contributed by atoms with Crippen LogP contribution in [0.1, 0.15) is 12.5 Å². The number of benzene rings is 1. The summed E-state index contributed by atoms with van der Waals surface area (Å²) in [6.07, 6.45) is 0. The smallest absolute Gasteiger partial charge is 0.171 e. The van der Waals surface area contributed by atoms with Gasteiger partial charge < -0.3 is 10.6 Å². The molecule has 4 nitrogen and oxygen atoms in total. The fourth-order valence-corrected chi connectivity index (χ4v) is 5.82. The second-order valence-electron chi connectivity index (χ2n) is 4.83. The third kappa shape index (κ3) is 3.09. The quantitative estimate of drug-likeness (QED) is 0.819. The predicted octanol–water partition coefficient (Wildman–Crippen LogP) is 2.65. The van der Waals surface area contributed by atoms with Gasteiger partial charge in [0.15, 0.2) is 9.84 Å². The first-order valence-electron chi connectivity index (χ1n) is 6.48. The molecule has 2 rings (SSSR count). The molecule has 1 aliphatic heterocycles. The molecule has 0 saturated carbocycles. The number of nitrogens with two attached hydrogens (primary N) is 1. The molecule has 1 saturated heterocycles. The van der Waals surface area contributed by atoms with Crippen LogP contribution in [0.15, 0.2) is 16.6 Å². The van der Waals surface area contributed by atoms with Crippen LogP contribution in [0.4, 0.5) is 11.4 Å². The maximum atomic E-state index is 12.3. The molecule has 1 heterocycles. The summed E-state index contributed by atoms with van der Waals surface area (Å²) in [6.45, 7) is 4.37. The zero-order chi connectivity index (χ0) is 14.9. The van der Waals surface area contributed by atoms with Gasteiger partial charge in [-0.3, -0.25) is 0 Å². The van der Waals surface area contributed by atoms with Crippen LogP contribution in [-0.2, 0) is 9.84 Å². The van der Waals surface area contributed by atoms with E-state index in [2.05, 4.69) is 15.9 Å². The predicted molar refractivity (Wildman–Crippen MR) is 91.2 cm³/mol. The number of sulfone groups is 1. The SMILES string of the molecule is CCS(=O)(=O)C1CSCCN1c1cc(C)c(N)cc1Br. The Morgan fingerprint density at radius 3 is 2.85 bits per heavy atom. The minimum Gasteiger partial charge on any atom is -0.398 e. The molecule has 0 aliphatic carbocycles. The molecule has 1 fully saturated rings. The van der Waals surface area contributed by atoms with Crippen molar-refractivity contribution in [3.63, 3.8) is 0 Å². The number of halogens is 1. The first kappa shape index (κ1) is 16.0. The van der Waals surface area contributed by atoms with Gasteiger partial charge in [0.25, 0.3) is 0 Å². The summed E-state index contributed by atoms with van der Waals surface area (Å²) in [7, 11) is -3.11. The zero-order valence-corrected chi connectivity index (χ0v) is 14.8. The highest BCUT2D eigenvalue weighted by Crippen LogP contribution is 2.35. The summed E-state index contributed by atoms with van der Waals surface area (Å²) in [5, 5.41) is -0.453. The number of nitrogens with zero attached hydrogens (tertiary/aromatic N) is 1. The molecule has 112 valence electrons. The van der Waals surface area contributed by atoms with E-state index in [1.165, 1.54) is 0 Å². The van der Waals surface area contributed by atoms with Gasteiger partial charge in [0.1, 0.15) is 5.37 Å². The Balaban J connectivity index is 2.46. The highest BCUT2D eigenvalue weighted by atomic mass is 79.9. The summed E-state index contributed by atoms with van der Waals surface area (Å²) < 4.78 is 25.5. The van der Waals surface area contributed by atoms with Crippen molar-refractivity contribution in [2.75, 3.05) is 34.4 Å². The van der Waals surface area contributed by atoms with Crippen molar-refractivity contribution in [3.8, 4) is 0 Å². The van der Waals surface area contributed by atoms with Crippen molar-refractivity contribution >= 4 is 48.9 Å². The average molecular weight is 379 g/mol. The Morgan fingerprint density at radius 1 is 1.50 bits per heavy atom. The molecule has 0 radical (unpaired) electrons. The molecular formula is C13H19BrN2O2S2. The second kappa shape index (κ2) is 6.15. The van der Waals surface area contributed by atoms with Crippen molar-refractivity contribution in [1.82, 2.24) is 0 Å². The molecule has 1 aromatic rings. The van der Waals surface area contributed by atoms with E-state index in [0.29, 0.717) is 11.4 Å². The molecule has 1 aliphatic rings. The molecule has 7 heteroatoms. The number of hydrogen-bond donors (Lipinski definition) is 1. The van der Waals surface area contributed by atoms with Crippen LogP contribution in [0, 0.1) is 6.92 Å². The first-order valence-corrected chi connectivity index (χ1v) is 10.1. The van der Waals surface area contributed by atoms with Crippen molar-refractivity contribution in [1.29, 1.82) is 0 Å². The Kier molecular flexibility index (Phi) is 4.92. The van der Waals surface area contributed by atoms with Crippen molar-refractivity contribution in [3.05, 3.63) is 22.2 Å². The van der Waals surface area contributed by atoms with E-state index < -0.39 is 15.2 Å². The standard InChI is InChI=1S/C13H19BrN2O2S2/c1-3-20(17,18)13-8-19-5-4-16(13)12-6-9(2)11(15)7-10(12)14/h6-7,13H,3-5,8,15H2,1-2H3. The van der Waals surface area contributed by atoms with Gasteiger partial charge in [-0.25, -0.2) is 8.42 Å². The molecule has 20 heavy (non-hydrogen) atoms. The van der Waals surface area contributed by atoms with Crippen LogP contribution in [0.25, 0.3) is 0 Å². The number of anilines is 2. The van der Waals surface area contributed by atoms with Gasteiger partial charge in [-0.1, -0.05) is 6.92 Å². The Morgan fingerprint density at radius 2 is 2.20 bits per heavy atom. The van der Waals surface area contributed by atoms with Gasteiger partial charge >= 0.3 is 0 Å². The first-order chi connectivity index (χ1) is 9.36. The Labute approximate surface area is 133 Å². The summed E-state index contributed by atoms with van der Waals surface area (Å²) in [5.74, 6) is 1.72. The fourth-order valence-electron chi connectivity index (χ4n) is 2.25. The molecule has 1 atom stereocenters. The third-order valence-corrected chi connectivity index (χ3v) is 7.47. The number of nitrogen functional groups attached to an aromatic ring is 1. The summed E-state index contributed by atoms with van der Waals surface area (Å²) in [6, 6.07) is 3.82. The largest absolute Gasteiger partial charge is 0.398 e. The summed E-state index contributed by atoms with van der Waals surface area (Å²) >= 11 is 5.21. The lowest BCUT2D eigenvalue weighted by atomic mass is 10.1. The topological polar surface area (TPSA) is 63.4 Å². The van der Waals surface area contributed by atoms with E-state index in [1.807, 2.05) is 24.0 Å². The van der Waals surface area contributed by atoms with Crippen LogP contribution in [0.5, 0.6) is 0 Å². The molecule has 0 aromatic heterocycles. The second-order valence-corrected chi connectivity index (χ2v) is 9.29. The van der Waals surface area contributed by atoms with Crippen LogP contribution in [0.2, 0.25) is 0 Å². The normalized spacial score (nSPS) is 20.1. The number of thioether (sulfide) groups is 1. The van der Waals surface area contributed by atoms with Crippen LogP contribution >= 0.6 is 27.7 Å². The maximum absolute atomic E-state index is 12.3. The zero-order valence-electron chi connectivity index (χ0n) is 11.6. The van der Waals surface area contributed by atoms with Crippen molar-refractivity contribution in [2.24, 2.45) is 0 Å². The van der Waals surface area contributed by atoms with E-state index in [-0.39, 0.29) is 5.75 Å². The van der Waals surface area contributed by atoms with E-state index in [0.717, 1.165) is 28.0 Å². The minimum atomic E-state index is -3.11. The maximum Gasteiger partial charge on any atom is 0.171 e. The van der Waals surface area contributed by atoms with Crippen LogP contribution in [-0.4, -0.2) is 37.6 Å². The van der Waals surface area contributed by atoms with E-state index in [9.17, 15) is 8.42 Å². The van der Waals surface area contributed by atoms with Crippen molar-refractivity contribution in [2.45, 2.75) is 19.2 Å². The van der Waals surface area contributed by atoms with Gasteiger partial charge in [0.2, 0.25) is 0 Å². The van der Waals surface area contributed by atoms with Crippen LogP contribution in [0.3, 0.4) is 0 Å². The van der Waals surface area contributed by atoms with E-state index >= 15 is 0 Å². The molecule has 0 bridgehead atoms. The van der Waals surface area contributed by atoms with Gasteiger partial charge in [0.05, 0.1) is 5.69 Å². The molecule has 1 unspecified atom stereocenters. The Hall–Kier alpha value is -0.400. The number of hydrogen-bond acceptors (Lipinski definition) is 5. The lowest BCUT2D eigenvalue weighted by molar-refractivity contribution is 0.579. The van der Waals surface area contributed by atoms with E-state index in [1.54, 1.807) is 18.7 Å². The molecule has 0 amide bonds.